The van der Waals surface area contributed by atoms with Crippen molar-refractivity contribution >= 4 is 17.5 Å². The molecule has 1 aromatic carbocycles. The van der Waals surface area contributed by atoms with E-state index in [1.165, 1.54) is 12.5 Å². The summed E-state index contributed by atoms with van der Waals surface area (Å²) in [6.07, 6.45) is 4.96. The molecule has 7 heteroatoms. The summed E-state index contributed by atoms with van der Waals surface area (Å²) in [6.45, 7) is 4.37. The van der Waals surface area contributed by atoms with Crippen LogP contribution in [0, 0.1) is 5.82 Å². The number of piperidine rings is 1. The Morgan fingerprint density at radius 1 is 0.889 bits per heavy atom. The first kappa shape index (κ1) is 17.7. The molecule has 6 nitrogen and oxygen atoms in total. The first-order valence-corrected chi connectivity index (χ1v) is 9.59. The molecule has 2 aliphatic rings. The van der Waals surface area contributed by atoms with E-state index >= 15 is 0 Å². The van der Waals surface area contributed by atoms with Crippen molar-refractivity contribution in [3.05, 3.63) is 48.0 Å². The van der Waals surface area contributed by atoms with Crippen LogP contribution in [-0.4, -0.2) is 60.0 Å². The van der Waals surface area contributed by atoms with Gasteiger partial charge in [0.05, 0.1) is 5.69 Å². The molecule has 3 heterocycles. The third kappa shape index (κ3) is 3.86. The zero-order valence-corrected chi connectivity index (χ0v) is 15.4. The van der Waals surface area contributed by atoms with Crippen molar-refractivity contribution in [2.24, 2.45) is 0 Å². The second-order valence-electron chi connectivity index (χ2n) is 7.02. The summed E-state index contributed by atoms with van der Waals surface area (Å²) in [7, 11) is 0. The number of anilines is 2. The highest BCUT2D eigenvalue weighted by atomic mass is 19.1. The number of hydrogen-bond acceptors (Lipinski definition) is 5. The van der Waals surface area contributed by atoms with Crippen molar-refractivity contribution in [1.29, 1.82) is 0 Å². The second kappa shape index (κ2) is 7.90. The number of nitrogens with zero attached hydrogens (tertiary/aromatic N) is 5. The normalized spacial score (nSPS) is 17.9. The van der Waals surface area contributed by atoms with Gasteiger partial charge in [-0.25, -0.2) is 14.4 Å². The van der Waals surface area contributed by atoms with Gasteiger partial charge in [-0.3, -0.25) is 4.79 Å². The molecule has 2 saturated heterocycles. The average Bonchev–Trinajstić information content (AvgIpc) is 2.74. The van der Waals surface area contributed by atoms with E-state index in [0.717, 1.165) is 25.9 Å². The predicted molar refractivity (Wildman–Crippen MR) is 103 cm³/mol. The number of rotatable bonds is 3. The van der Waals surface area contributed by atoms with Crippen LogP contribution in [0.3, 0.4) is 0 Å². The second-order valence-corrected chi connectivity index (χ2v) is 7.02. The number of aromatic nitrogens is 2. The lowest BCUT2D eigenvalue weighted by Crippen LogP contribution is -2.47. The van der Waals surface area contributed by atoms with E-state index in [9.17, 15) is 9.18 Å². The highest BCUT2D eigenvalue weighted by Crippen LogP contribution is 2.21. The monoisotopic (exact) mass is 369 g/mol. The van der Waals surface area contributed by atoms with E-state index in [0.29, 0.717) is 43.5 Å². The van der Waals surface area contributed by atoms with E-state index in [-0.39, 0.29) is 11.7 Å². The summed E-state index contributed by atoms with van der Waals surface area (Å²) in [4.78, 5) is 27.5. The number of likely N-dealkylation sites (tertiary alicyclic amines) is 1. The molecule has 2 aromatic rings. The van der Waals surface area contributed by atoms with Gasteiger partial charge in [-0.1, -0.05) is 12.1 Å². The molecular formula is C20H24FN5O. The summed E-state index contributed by atoms with van der Waals surface area (Å²) in [6, 6.07) is 8.54. The van der Waals surface area contributed by atoms with Crippen LogP contribution in [0.4, 0.5) is 16.0 Å². The number of amides is 1. The Morgan fingerprint density at radius 3 is 2.33 bits per heavy atom. The summed E-state index contributed by atoms with van der Waals surface area (Å²) in [5, 5.41) is 0. The fraction of sp³-hybridized carbons (Fsp3) is 0.450. The Bertz CT molecular complexity index is 800. The Kier molecular flexibility index (Phi) is 5.18. The summed E-state index contributed by atoms with van der Waals surface area (Å²) < 4.78 is 14.0. The Hall–Kier alpha value is -2.70. The number of carbonyl (C=O) groups is 1. The molecule has 1 amide bonds. The number of piperazine rings is 1. The fourth-order valence-corrected chi connectivity index (χ4v) is 3.73. The van der Waals surface area contributed by atoms with Crippen LogP contribution in [0.2, 0.25) is 0 Å². The molecular weight excluding hydrogens is 345 g/mol. The molecule has 0 bridgehead atoms. The Balaban J connectivity index is 1.43. The summed E-state index contributed by atoms with van der Waals surface area (Å²) in [5.41, 5.74) is 1.09. The van der Waals surface area contributed by atoms with Crippen molar-refractivity contribution < 1.29 is 9.18 Å². The molecule has 142 valence electrons. The zero-order valence-electron chi connectivity index (χ0n) is 15.4. The highest BCUT2D eigenvalue weighted by Gasteiger charge is 2.23. The number of benzene rings is 1. The van der Waals surface area contributed by atoms with Crippen LogP contribution in [-0.2, 0) is 0 Å². The molecule has 0 aliphatic carbocycles. The first-order valence-electron chi connectivity index (χ1n) is 9.59. The van der Waals surface area contributed by atoms with Crippen LogP contribution in [0.15, 0.2) is 36.5 Å². The third-order valence-electron chi connectivity index (χ3n) is 5.26. The first-order chi connectivity index (χ1) is 13.2. The molecule has 0 atom stereocenters. The average molecular weight is 369 g/mol. The maximum atomic E-state index is 14.0. The SMILES string of the molecule is O=C(c1ccnc(N2CCN(c3ccccc3F)CC2)n1)N1CCCCC1. The van der Waals surface area contributed by atoms with Crippen LogP contribution in [0.5, 0.6) is 0 Å². The lowest BCUT2D eigenvalue weighted by atomic mass is 10.1. The van der Waals surface area contributed by atoms with Crippen molar-refractivity contribution in [2.75, 3.05) is 49.1 Å². The Labute approximate surface area is 158 Å². The molecule has 0 radical (unpaired) electrons. The minimum absolute atomic E-state index is 0.0108. The van der Waals surface area contributed by atoms with Crippen LogP contribution in [0.1, 0.15) is 29.8 Å². The van der Waals surface area contributed by atoms with Gasteiger partial charge in [0.1, 0.15) is 11.5 Å². The summed E-state index contributed by atoms with van der Waals surface area (Å²) >= 11 is 0. The van der Waals surface area contributed by atoms with Gasteiger partial charge >= 0.3 is 0 Å². The molecule has 0 saturated carbocycles. The van der Waals surface area contributed by atoms with Crippen molar-refractivity contribution in [2.45, 2.75) is 19.3 Å². The lowest BCUT2D eigenvalue weighted by molar-refractivity contribution is 0.0718. The molecule has 2 fully saturated rings. The van der Waals surface area contributed by atoms with E-state index in [4.69, 9.17) is 0 Å². The van der Waals surface area contributed by atoms with E-state index in [2.05, 4.69) is 14.9 Å². The summed E-state index contributed by atoms with van der Waals surface area (Å²) in [5.74, 6) is 0.366. The molecule has 1 aromatic heterocycles. The number of hydrogen-bond donors (Lipinski definition) is 0. The standard InChI is InChI=1S/C20H24FN5O/c21-16-6-2-3-7-18(16)24-12-14-26(15-13-24)20-22-9-8-17(23-20)19(27)25-10-4-1-5-11-25/h2-3,6-9H,1,4-5,10-15H2. The smallest absolute Gasteiger partial charge is 0.272 e. The van der Waals surface area contributed by atoms with Gasteiger partial charge in [0.25, 0.3) is 5.91 Å². The van der Waals surface area contributed by atoms with Crippen LogP contribution in [0.25, 0.3) is 0 Å². The Morgan fingerprint density at radius 2 is 1.59 bits per heavy atom. The van der Waals surface area contributed by atoms with Gasteiger partial charge in [-0.15, -0.1) is 0 Å². The number of halogens is 1. The van der Waals surface area contributed by atoms with Crippen LogP contribution >= 0.6 is 0 Å². The molecule has 27 heavy (non-hydrogen) atoms. The van der Waals surface area contributed by atoms with Crippen molar-refractivity contribution in [3.63, 3.8) is 0 Å². The fourth-order valence-electron chi connectivity index (χ4n) is 3.73. The van der Waals surface area contributed by atoms with Gasteiger partial charge in [0.15, 0.2) is 0 Å². The largest absolute Gasteiger partial charge is 0.366 e. The molecule has 4 rings (SSSR count). The van der Waals surface area contributed by atoms with Gasteiger partial charge in [0.2, 0.25) is 5.95 Å². The van der Waals surface area contributed by atoms with E-state index in [1.54, 1.807) is 24.4 Å². The number of para-hydroxylation sites is 1. The van der Waals surface area contributed by atoms with Gasteiger partial charge in [-0.05, 0) is 37.5 Å². The van der Waals surface area contributed by atoms with Gasteiger partial charge in [0, 0.05) is 45.5 Å². The molecule has 2 aliphatic heterocycles. The maximum Gasteiger partial charge on any atom is 0.272 e. The molecule has 0 unspecified atom stereocenters. The van der Waals surface area contributed by atoms with E-state index in [1.807, 2.05) is 15.9 Å². The minimum Gasteiger partial charge on any atom is -0.366 e. The molecule has 0 spiro atoms. The quantitative estimate of drug-likeness (QED) is 0.832. The molecule has 0 N–H and O–H groups in total. The van der Waals surface area contributed by atoms with Crippen molar-refractivity contribution in [1.82, 2.24) is 14.9 Å². The van der Waals surface area contributed by atoms with Crippen LogP contribution < -0.4 is 9.80 Å². The number of carbonyl (C=O) groups excluding carboxylic acids is 1. The minimum atomic E-state index is -0.198. The zero-order chi connectivity index (χ0) is 18.6. The topological polar surface area (TPSA) is 52.6 Å². The maximum absolute atomic E-state index is 14.0. The van der Waals surface area contributed by atoms with E-state index < -0.39 is 0 Å². The van der Waals surface area contributed by atoms with Gasteiger partial charge < -0.3 is 14.7 Å². The van der Waals surface area contributed by atoms with Gasteiger partial charge in [-0.2, -0.15) is 0 Å². The highest BCUT2D eigenvalue weighted by molar-refractivity contribution is 5.92. The predicted octanol–water partition coefficient (Wildman–Crippen LogP) is 2.57. The van der Waals surface area contributed by atoms with Crippen molar-refractivity contribution in [3.8, 4) is 0 Å². The lowest BCUT2D eigenvalue weighted by Gasteiger charge is -2.36. The third-order valence-corrected chi connectivity index (χ3v) is 5.26.